The number of hydrogen-bond donors (Lipinski definition) is 3. The summed E-state index contributed by atoms with van der Waals surface area (Å²) in [7, 11) is 0. The Morgan fingerprint density at radius 2 is 2.12 bits per heavy atom. The summed E-state index contributed by atoms with van der Waals surface area (Å²) >= 11 is 0. The average molecular weight is 360 g/mol. The lowest BCUT2D eigenvalue weighted by molar-refractivity contribution is -0.123. The summed E-state index contributed by atoms with van der Waals surface area (Å²) in [6, 6.07) is -0.0324. The van der Waals surface area contributed by atoms with Gasteiger partial charge in [-0.15, -0.1) is 0 Å². The van der Waals surface area contributed by atoms with Crippen molar-refractivity contribution < 1.29 is 14.6 Å². The molecule has 5 atom stereocenters. The second kappa shape index (κ2) is 10.8. The van der Waals surface area contributed by atoms with Crippen molar-refractivity contribution in [2.45, 2.75) is 58.8 Å². The van der Waals surface area contributed by atoms with Crippen LogP contribution in [0.25, 0.3) is 0 Å². The first-order valence-electron chi connectivity index (χ1n) is 9.11. The van der Waals surface area contributed by atoms with E-state index >= 15 is 0 Å². The van der Waals surface area contributed by atoms with Crippen LogP contribution >= 0.6 is 0 Å². The highest BCUT2D eigenvalue weighted by molar-refractivity contribution is 5.96. The predicted molar refractivity (Wildman–Crippen MR) is 106 cm³/mol. The molecule has 0 aromatic carbocycles. The molecule has 1 heterocycles. The summed E-state index contributed by atoms with van der Waals surface area (Å²) in [5.41, 5.74) is 1.38. The molecule has 0 radical (unpaired) electrons. The molecule has 0 aromatic heterocycles. The smallest absolute Gasteiger partial charge is 0.243 e. The van der Waals surface area contributed by atoms with Crippen LogP contribution in [0, 0.1) is 17.2 Å². The summed E-state index contributed by atoms with van der Waals surface area (Å²) in [4.78, 5) is 12.2. The van der Waals surface area contributed by atoms with Crippen molar-refractivity contribution in [3.05, 3.63) is 48.8 Å². The van der Waals surface area contributed by atoms with Crippen molar-refractivity contribution in [3.63, 3.8) is 0 Å². The van der Waals surface area contributed by atoms with E-state index in [-0.39, 0.29) is 35.8 Å². The van der Waals surface area contributed by atoms with E-state index in [9.17, 15) is 4.79 Å². The molecule has 1 amide bonds. The highest BCUT2D eigenvalue weighted by Gasteiger charge is 2.33. The van der Waals surface area contributed by atoms with E-state index in [1.807, 2.05) is 19.9 Å². The van der Waals surface area contributed by atoms with Crippen molar-refractivity contribution in [1.29, 1.82) is 5.41 Å². The van der Waals surface area contributed by atoms with Crippen LogP contribution in [0.4, 0.5) is 0 Å². The minimum absolute atomic E-state index is 0.0324. The van der Waals surface area contributed by atoms with Crippen LogP contribution in [0.5, 0.6) is 0 Å². The number of ether oxygens (including phenoxy) is 1. The first-order chi connectivity index (χ1) is 12.3. The number of carbonyl (C=O) groups is 1. The average Bonchev–Trinajstić information content (AvgIpc) is 2.61. The Morgan fingerprint density at radius 1 is 1.42 bits per heavy atom. The Morgan fingerprint density at radius 3 is 2.73 bits per heavy atom. The van der Waals surface area contributed by atoms with Gasteiger partial charge in [-0.05, 0) is 44.8 Å². The molecule has 0 spiro atoms. The second-order valence-electron chi connectivity index (χ2n) is 7.01. The van der Waals surface area contributed by atoms with Gasteiger partial charge in [0.05, 0.1) is 24.5 Å². The van der Waals surface area contributed by atoms with E-state index < -0.39 is 0 Å². The largest absolute Gasteiger partial charge is 0.516 e. The molecule has 144 valence electrons. The monoisotopic (exact) mass is 360 g/mol. The molecular formula is C21H32N2O3. The number of rotatable bonds is 8. The third-order valence-electron chi connectivity index (χ3n) is 4.82. The standard InChI is InChI=1S/C21H32N2O3/c1-6-14(2)7-9-20-16(4)13-19(17(5)26-20)23-21(25)10-8-15(3)18(22)11-12-24/h6-8,10-12,15-17,19-20,22,24H,1,9,13H2,2-5H3,(H,23,25)/b10-8-,12-11-,14-7+,22-18?/t15?,16-,17+,19+,20-/m0/s1. The molecule has 0 saturated carbocycles. The maximum absolute atomic E-state index is 12.2. The van der Waals surface area contributed by atoms with Gasteiger partial charge < -0.3 is 20.6 Å². The molecule has 5 heteroatoms. The molecule has 1 saturated heterocycles. The lowest BCUT2D eigenvalue weighted by Gasteiger charge is -2.39. The molecule has 3 N–H and O–H groups in total. The van der Waals surface area contributed by atoms with Crippen molar-refractivity contribution in [2.24, 2.45) is 11.8 Å². The molecule has 0 bridgehead atoms. The molecule has 5 nitrogen and oxygen atoms in total. The van der Waals surface area contributed by atoms with Gasteiger partial charge in [0.25, 0.3) is 0 Å². The van der Waals surface area contributed by atoms with Gasteiger partial charge in [0.2, 0.25) is 5.91 Å². The maximum Gasteiger partial charge on any atom is 0.243 e. The lowest BCUT2D eigenvalue weighted by Crippen LogP contribution is -2.50. The molecule has 1 aliphatic heterocycles. The van der Waals surface area contributed by atoms with E-state index in [1.54, 1.807) is 13.0 Å². The van der Waals surface area contributed by atoms with E-state index in [4.69, 9.17) is 15.3 Å². The normalized spacial score (nSPS) is 28.2. The van der Waals surface area contributed by atoms with Gasteiger partial charge in [0.1, 0.15) is 0 Å². The fourth-order valence-corrected chi connectivity index (χ4v) is 2.90. The molecular weight excluding hydrogens is 328 g/mol. The molecule has 1 fully saturated rings. The van der Waals surface area contributed by atoms with Crippen molar-refractivity contribution in [2.75, 3.05) is 0 Å². The fraction of sp³-hybridized carbons (Fsp3) is 0.524. The summed E-state index contributed by atoms with van der Waals surface area (Å²) in [5, 5.41) is 19.4. The summed E-state index contributed by atoms with van der Waals surface area (Å²) in [5.74, 6) is -0.0883. The molecule has 26 heavy (non-hydrogen) atoms. The number of amides is 1. The van der Waals surface area contributed by atoms with Crippen LogP contribution in [0.3, 0.4) is 0 Å². The second-order valence-corrected chi connectivity index (χ2v) is 7.01. The Balaban J connectivity index is 2.57. The molecule has 1 aliphatic rings. The Hall–Kier alpha value is -2.14. The van der Waals surface area contributed by atoms with Gasteiger partial charge in [-0.2, -0.15) is 0 Å². The van der Waals surface area contributed by atoms with Crippen LogP contribution in [-0.4, -0.2) is 35.0 Å². The van der Waals surface area contributed by atoms with E-state index in [2.05, 4.69) is 24.9 Å². The zero-order chi connectivity index (χ0) is 19.7. The van der Waals surface area contributed by atoms with Gasteiger partial charge in [-0.1, -0.05) is 44.2 Å². The zero-order valence-corrected chi connectivity index (χ0v) is 16.2. The number of allylic oxidation sites excluding steroid dienone is 4. The number of aliphatic hydroxyl groups excluding tert-OH is 1. The van der Waals surface area contributed by atoms with E-state index in [0.717, 1.165) is 24.7 Å². The van der Waals surface area contributed by atoms with Gasteiger partial charge in [0.15, 0.2) is 0 Å². The highest BCUT2D eigenvalue weighted by Crippen LogP contribution is 2.27. The topological polar surface area (TPSA) is 82.4 Å². The van der Waals surface area contributed by atoms with Crippen molar-refractivity contribution in [3.8, 4) is 0 Å². The Bertz CT molecular complexity index is 592. The summed E-state index contributed by atoms with van der Waals surface area (Å²) < 4.78 is 6.11. The first kappa shape index (κ1) is 21.9. The number of aliphatic hydroxyl groups is 1. The van der Waals surface area contributed by atoms with Crippen molar-refractivity contribution >= 4 is 11.6 Å². The van der Waals surface area contributed by atoms with Crippen LogP contribution in [-0.2, 0) is 9.53 Å². The highest BCUT2D eigenvalue weighted by atomic mass is 16.5. The lowest BCUT2D eigenvalue weighted by atomic mass is 9.88. The van der Waals surface area contributed by atoms with Crippen LogP contribution in [0.2, 0.25) is 0 Å². The molecule has 0 aliphatic carbocycles. The van der Waals surface area contributed by atoms with Gasteiger partial charge >= 0.3 is 0 Å². The SMILES string of the molecule is C=C/C(C)=C/C[C@@H]1O[C@H](C)[C@H](NC(=O)/C=C\C(C)C(=N)/C=C\O)C[C@@H]1C. The van der Waals surface area contributed by atoms with E-state index in [1.165, 1.54) is 12.2 Å². The van der Waals surface area contributed by atoms with Crippen LogP contribution in [0.15, 0.2) is 48.8 Å². The maximum atomic E-state index is 12.2. The third-order valence-corrected chi connectivity index (χ3v) is 4.82. The number of nitrogens with one attached hydrogen (secondary N) is 2. The fourth-order valence-electron chi connectivity index (χ4n) is 2.90. The third kappa shape index (κ3) is 7.00. The zero-order valence-electron chi connectivity index (χ0n) is 16.2. The number of hydrogen-bond acceptors (Lipinski definition) is 4. The molecule has 0 aromatic rings. The number of carbonyl (C=O) groups excluding carboxylic acids is 1. The summed E-state index contributed by atoms with van der Waals surface area (Å²) in [6.07, 6.45) is 11.0. The quantitative estimate of drug-likeness (QED) is 0.264. The van der Waals surface area contributed by atoms with E-state index in [0.29, 0.717) is 5.92 Å². The van der Waals surface area contributed by atoms with Crippen LogP contribution in [0.1, 0.15) is 40.5 Å². The predicted octanol–water partition coefficient (Wildman–Crippen LogP) is 4.09. The van der Waals surface area contributed by atoms with Crippen LogP contribution < -0.4 is 5.32 Å². The first-order valence-corrected chi connectivity index (χ1v) is 9.11. The van der Waals surface area contributed by atoms with Gasteiger partial charge in [-0.3, -0.25) is 4.79 Å². The minimum atomic E-state index is -0.243. The van der Waals surface area contributed by atoms with Crippen molar-refractivity contribution in [1.82, 2.24) is 5.32 Å². The molecule has 1 unspecified atom stereocenters. The van der Waals surface area contributed by atoms with Gasteiger partial charge in [-0.25, -0.2) is 0 Å². The minimum Gasteiger partial charge on any atom is -0.516 e. The Kier molecular flexibility index (Phi) is 9.07. The summed E-state index contributed by atoms with van der Waals surface area (Å²) in [6.45, 7) is 11.7. The van der Waals surface area contributed by atoms with Gasteiger partial charge in [0, 0.05) is 11.6 Å². The molecule has 1 rings (SSSR count). The Labute approximate surface area is 157 Å².